The number of aliphatic imine (C=N–C) groups is 1. The summed E-state index contributed by atoms with van der Waals surface area (Å²) in [5.41, 5.74) is 0.966. The smallest absolute Gasteiger partial charge is 0.341 e. The zero-order valence-electron chi connectivity index (χ0n) is 16.7. The zero-order chi connectivity index (χ0) is 20.7. The van der Waals surface area contributed by atoms with Gasteiger partial charge in [0.05, 0.1) is 34.0 Å². The van der Waals surface area contributed by atoms with Gasteiger partial charge in [-0.2, -0.15) is 0 Å². The minimum atomic E-state index is -0.790. The van der Waals surface area contributed by atoms with Crippen molar-refractivity contribution >= 4 is 17.7 Å². The number of esters is 1. The number of carbonyl (C=O) groups is 2. The molecule has 0 fully saturated rings. The molecular formula is C19H26N2O7. The van der Waals surface area contributed by atoms with Gasteiger partial charge in [-0.1, -0.05) is 0 Å². The first-order chi connectivity index (χ1) is 13.5. The van der Waals surface area contributed by atoms with E-state index in [-0.39, 0.29) is 6.61 Å². The van der Waals surface area contributed by atoms with Crippen LogP contribution in [0, 0.1) is 5.92 Å². The third-order valence-electron chi connectivity index (χ3n) is 4.32. The molecule has 154 valence electrons. The van der Waals surface area contributed by atoms with Gasteiger partial charge in [-0.25, -0.2) is 9.79 Å². The van der Waals surface area contributed by atoms with Crippen LogP contribution in [0.3, 0.4) is 0 Å². The molecule has 1 aliphatic heterocycles. The van der Waals surface area contributed by atoms with Gasteiger partial charge < -0.3 is 29.0 Å². The van der Waals surface area contributed by atoms with Crippen LogP contribution in [0.4, 0.5) is 4.79 Å². The SMILES string of the molecule is CCOCCOC(=O)C1C(C)=NC(=O)NC1c1cc(OC)c(OC)c(OC)c1. The highest BCUT2D eigenvalue weighted by Gasteiger charge is 2.38. The number of benzene rings is 1. The van der Waals surface area contributed by atoms with Crippen LogP contribution in [-0.4, -0.2) is 58.9 Å². The fourth-order valence-corrected chi connectivity index (χ4v) is 3.02. The maximum absolute atomic E-state index is 12.7. The van der Waals surface area contributed by atoms with Crippen molar-refractivity contribution in [3.8, 4) is 17.2 Å². The molecule has 0 spiro atoms. The Bertz CT molecular complexity index is 723. The Morgan fingerprint density at radius 2 is 1.75 bits per heavy atom. The molecule has 2 amide bonds. The van der Waals surface area contributed by atoms with E-state index in [1.165, 1.54) is 21.3 Å². The number of carbonyl (C=O) groups excluding carboxylic acids is 2. The van der Waals surface area contributed by atoms with Gasteiger partial charge in [0, 0.05) is 12.3 Å². The van der Waals surface area contributed by atoms with Gasteiger partial charge >= 0.3 is 12.0 Å². The number of amides is 2. The van der Waals surface area contributed by atoms with E-state index in [1.807, 2.05) is 6.92 Å². The molecule has 28 heavy (non-hydrogen) atoms. The van der Waals surface area contributed by atoms with Crippen molar-refractivity contribution in [2.45, 2.75) is 19.9 Å². The molecule has 2 atom stereocenters. The summed E-state index contributed by atoms with van der Waals surface area (Å²) in [5, 5.41) is 2.73. The predicted octanol–water partition coefficient (Wildman–Crippen LogP) is 2.13. The lowest BCUT2D eigenvalue weighted by atomic mass is 9.88. The summed E-state index contributed by atoms with van der Waals surface area (Å²) in [6.07, 6.45) is 0. The summed E-state index contributed by atoms with van der Waals surface area (Å²) in [5.74, 6) is -0.0524. The Labute approximate surface area is 164 Å². The van der Waals surface area contributed by atoms with Crippen LogP contribution in [0.15, 0.2) is 17.1 Å². The molecule has 1 aromatic carbocycles. The molecule has 9 nitrogen and oxygen atoms in total. The van der Waals surface area contributed by atoms with E-state index in [9.17, 15) is 9.59 Å². The monoisotopic (exact) mass is 394 g/mol. The molecule has 1 N–H and O–H groups in total. The highest BCUT2D eigenvalue weighted by Crippen LogP contribution is 2.41. The largest absolute Gasteiger partial charge is 0.493 e. The molecule has 0 aromatic heterocycles. The fourth-order valence-electron chi connectivity index (χ4n) is 3.02. The molecule has 2 unspecified atom stereocenters. The van der Waals surface area contributed by atoms with E-state index in [0.717, 1.165) is 0 Å². The lowest BCUT2D eigenvalue weighted by Gasteiger charge is -2.30. The number of ether oxygens (including phenoxy) is 5. The molecule has 1 heterocycles. The third kappa shape index (κ3) is 4.72. The molecule has 0 saturated heterocycles. The third-order valence-corrected chi connectivity index (χ3v) is 4.32. The second kappa shape index (κ2) is 9.93. The summed E-state index contributed by atoms with van der Waals surface area (Å²) in [7, 11) is 4.48. The molecule has 0 aliphatic carbocycles. The number of rotatable bonds is 9. The second-order valence-corrected chi connectivity index (χ2v) is 5.98. The first-order valence-electron chi connectivity index (χ1n) is 8.86. The lowest BCUT2D eigenvalue weighted by Crippen LogP contribution is -2.44. The minimum Gasteiger partial charge on any atom is -0.493 e. The average Bonchev–Trinajstić information content (AvgIpc) is 2.69. The Hall–Kier alpha value is -2.81. The van der Waals surface area contributed by atoms with Gasteiger partial charge in [0.1, 0.15) is 12.5 Å². The maximum Gasteiger partial charge on any atom is 0.341 e. The fraction of sp³-hybridized carbons (Fsp3) is 0.526. The predicted molar refractivity (Wildman–Crippen MR) is 101 cm³/mol. The minimum absolute atomic E-state index is 0.117. The number of methoxy groups -OCH3 is 3. The van der Waals surface area contributed by atoms with Gasteiger partial charge in [-0.05, 0) is 31.5 Å². The first-order valence-corrected chi connectivity index (χ1v) is 8.86. The number of nitrogens with one attached hydrogen (secondary N) is 1. The van der Waals surface area contributed by atoms with Crippen molar-refractivity contribution in [3.63, 3.8) is 0 Å². The van der Waals surface area contributed by atoms with Crippen molar-refractivity contribution in [1.29, 1.82) is 0 Å². The van der Waals surface area contributed by atoms with Crippen molar-refractivity contribution in [1.82, 2.24) is 5.32 Å². The van der Waals surface area contributed by atoms with E-state index in [0.29, 0.717) is 41.7 Å². The van der Waals surface area contributed by atoms with Gasteiger partial charge in [-0.3, -0.25) is 4.79 Å². The van der Waals surface area contributed by atoms with E-state index in [1.54, 1.807) is 19.1 Å². The highest BCUT2D eigenvalue weighted by molar-refractivity contribution is 6.08. The zero-order valence-corrected chi connectivity index (χ0v) is 16.7. The van der Waals surface area contributed by atoms with Crippen molar-refractivity contribution in [2.24, 2.45) is 10.9 Å². The topological polar surface area (TPSA) is 105 Å². The van der Waals surface area contributed by atoms with Crippen LogP contribution < -0.4 is 19.5 Å². The van der Waals surface area contributed by atoms with E-state index in [4.69, 9.17) is 23.7 Å². The molecule has 0 saturated carbocycles. The van der Waals surface area contributed by atoms with Crippen molar-refractivity contribution in [2.75, 3.05) is 41.2 Å². The quantitative estimate of drug-likeness (QED) is 0.505. The molecule has 0 radical (unpaired) electrons. The molecule has 1 aromatic rings. The van der Waals surface area contributed by atoms with Gasteiger partial charge in [0.25, 0.3) is 0 Å². The lowest BCUT2D eigenvalue weighted by molar-refractivity contribution is -0.148. The van der Waals surface area contributed by atoms with Gasteiger partial charge in [-0.15, -0.1) is 0 Å². The maximum atomic E-state index is 12.7. The van der Waals surface area contributed by atoms with Crippen LogP contribution in [-0.2, 0) is 14.3 Å². The van der Waals surface area contributed by atoms with E-state index >= 15 is 0 Å². The standard InChI is InChI=1S/C19H26N2O7/c1-6-27-7-8-28-18(22)15-11(2)20-19(23)21-16(15)12-9-13(24-3)17(26-5)14(10-12)25-4/h9-10,15-16H,6-8H2,1-5H3,(H,21,23). The normalized spacial score (nSPS) is 18.8. The summed E-state index contributed by atoms with van der Waals surface area (Å²) < 4.78 is 26.6. The number of hydrogen-bond donors (Lipinski definition) is 1. The Morgan fingerprint density at radius 1 is 1.11 bits per heavy atom. The first kappa shape index (κ1) is 21.5. The van der Waals surface area contributed by atoms with E-state index < -0.39 is 24.0 Å². The Morgan fingerprint density at radius 3 is 2.29 bits per heavy atom. The molecule has 2 rings (SSSR count). The summed E-state index contributed by atoms with van der Waals surface area (Å²) >= 11 is 0. The second-order valence-electron chi connectivity index (χ2n) is 5.98. The van der Waals surface area contributed by atoms with Crippen LogP contribution in [0.1, 0.15) is 25.5 Å². The van der Waals surface area contributed by atoms with Crippen LogP contribution >= 0.6 is 0 Å². The molecule has 0 bridgehead atoms. The van der Waals surface area contributed by atoms with Crippen LogP contribution in [0.5, 0.6) is 17.2 Å². The summed E-state index contributed by atoms with van der Waals surface area (Å²) in [6, 6.07) is 2.14. The van der Waals surface area contributed by atoms with Crippen LogP contribution in [0.25, 0.3) is 0 Å². The highest BCUT2D eigenvalue weighted by atomic mass is 16.6. The number of nitrogens with zero attached hydrogens (tertiary/aromatic N) is 1. The van der Waals surface area contributed by atoms with Gasteiger partial charge in [0.2, 0.25) is 5.75 Å². The van der Waals surface area contributed by atoms with Gasteiger partial charge in [0.15, 0.2) is 11.5 Å². The van der Waals surface area contributed by atoms with E-state index in [2.05, 4.69) is 10.3 Å². The number of hydrogen-bond acceptors (Lipinski definition) is 7. The Balaban J connectivity index is 2.38. The summed E-state index contributed by atoms with van der Waals surface area (Å²) in [6.45, 7) is 4.43. The number of urea groups is 1. The molecular weight excluding hydrogens is 368 g/mol. The van der Waals surface area contributed by atoms with Crippen LogP contribution in [0.2, 0.25) is 0 Å². The summed E-state index contributed by atoms with van der Waals surface area (Å²) in [4.78, 5) is 28.6. The molecule has 1 aliphatic rings. The van der Waals surface area contributed by atoms with Crippen molar-refractivity contribution in [3.05, 3.63) is 17.7 Å². The molecule has 9 heteroatoms. The average molecular weight is 394 g/mol. The Kier molecular flexibility index (Phi) is 7.62. The van der Waals surface area contributed by atoms with Crippen molar-refractivity contribution < 1.29 is 33.3 Å².